The van der Waals surface area contributed by atoms with E-state index in [1.165, 1.54) is 0 Å². The van der Waals surface area contributed by atoms with Crippen molar-refractivity contribution in [3.8, 4) is 0 Å². The molecule has 0 unspecified atom stereocenters. The molecule has 0 radical (unpaired) electrons. The quantitative estimate of drug-likeness (QED) is 0.894. The lowest BCUT2D eigenvalue weighted by Gasteiger charge is -2.05. The number of pyridine rings is 1. The van der Waals surface area contributed by atoms with Crippen LogP contribution in [-0.4, -0.2) is 4.98 Å². The van der Waals surface area contributed by atoms with Crippen LogP contribution in [0.5, 0.6) is 0 Å². The largest absolute Gasteiger partial charge is 0.366 e. The molecule has 2 aromatic rings. The zero-order valence-electron chi connectivity index (χ0n) is 8.45. The Morgan fingerprint density at radius 1 is 0.938 bits per heavy atom. The molecule has 82 valence electrons. The number of rotatable bonds is 3. The Kier molecular flexibility index (Phi) is 3.65. The second-order valence-electron chi connectivity index (χ2n) is 3.34. The van der Waals surface area contributed by atoms with E-state index in [1.807, 2.05) is 30.3 Å². The van der Waals surface area contributed by atoms with Gasteiger partial charge in [0.15, 0.2) is 0 Å². The predicted octanol–water partition coefficient (Wildman–Crippen LogP) is 4.00. The Bertz CT molecular complexity index is 406. The third-order valence-corrected chi connectivity index (χ3v) is 2.59. The van der Waals surface area contributed by atoms with Crippen LogP contribution in [0.3, 0.4) is 0 Å². The van der Waals surface area contributed by atoms with Gasteiger partial charge in [-0.05, 0) is 29.8 Å². The second kappa shape index (κ2) is 5.19. The zero-order valence-corrected chi connectivity index (χ0v) is 9.96. The fourth-order valence-electron chi connectivity index (χ4n) is 1.28. The lowest BCUT2D eigenvalue weighted by molar-refractivity contribution is 1.11. The van der Waals surface area contributed by atoms with Gasteiger partial charge in [-0.25, -0.2) is 4.98 Å². The van der Waals surface area contributed by atoms with Crippen molar-refractivity contribution in [2.45, 2.75) is 6.54 Å². The summed E-state index contributed by atoms with van der Waals surface area (Å²) in [5.74, 6) is 0.805. The van der Waals surface area contributed by atoms with Crippen molar-refractivity contribution in [1.82, 2.24) is 4.98 Å². The summed E-state index contributed by atoms with van der Waals surface area (Å²) in [4.78, 5) is 4.14. The van der Waals surface area contributed by atoms with E-state index in [1.54, 1.807) is 12.3 Å². The van der Waals surface area contributed by atoms with Gasteiger partial charge in [0.25, 0.3) is 0 Å². The Morgan fingerprint density at radius 2 is 1.62 bits per heavy atom. The highest BCUT2D eigenvalue weighted by molar-refractivity contribution is 6.30. The van der Waals surface area contributed by atoms with E-state index in [9.17, 15) is 0 Å². The van der Waals surface area contributed by atoms with E-state index in [-0.39, 0.29) is 0 Å². The highest BCUT2D eigenvalue weighted by Gasteiger charge is 1.95. The molecule has 1 aromatic heterocycles. The minimum Gasteiger partial charge on any atom is -0.366 e. The SMILES string of the molecule is Clc1ccc(CNc2ccc(Cl)cn2)cc1. The Hall–Kier alpha value is -1.25. The van der Waals surface area contributed by atoms with Gasteiger partial charge in [-0.3, -0.25) is 0 Å². The summed E-state index contributed by atoms with van der Waals surface area (Å²) in [7, 11) is 0. The fourth-order valence-corrected chi connectivity index (χ4v) is 1.51. The van der Waals surface area contributed by atoms with Gasteiger partial charge < -0.3 is 5.32 Å². The number of nitrogens with one attached hydrogen (secondary N) is 1. The molecule has 0 spiro atoms. The normalized spacial score (nSPS) is 10.1. The summed E-state index contributed by atoms with van der Waals surface area (Å²) in [5.41, 5.74) is 1.15. The van der Waals surface area contributed by atoms with E-state index in [0.29, 0.717) is 11.6 Å². The fraction of sp³-hybridized carbons (Fsp3) is 0.0833. The van der Waals surface area contributed by atoms with Crippen molar-refractivity contribution in [3.05, 3.63) is 58.2 Å². The summed E-state index contributed by atoms with van der Waals surface area (Å²) in [6.45, 7) is 0.714. The topological polar surface area (TPSA) is 24.9 Å². The first kappa shape index (κ1) is 11.2. The van der Waals surface area contributed by atoms with Crippen LogP contribution in [0.4, 0.5) is 5.82 Å². The minimum atomic E-state index is 0.636. The smallest absolute Gasteiger partial charge is 0.126 e. The number of hydrogen-bond acceptors (Lipinski definition) is 2. The summed E-state index contributed by atoms with van der Waals surface area (Å²) in [6.07, 6.45) is 1.62. The molecule has 16 heavy (non-hydrogen) atoms. The molecule has 0 aliphatic heterocycles. The van der Waals surface area contributed by atoms with Crippen LogP contribution in [0.2, 0.25) is 10.0 Å². The van der Waals surface area contributed by atoms with Crippen molar-refractivity contribution in [2.75, 3.05) is 5.32 Å². The number of nitrogens with zero attached hydrogens (tertiary/aromatic N) is 1. The number of benzene rings is 1. The van der Waals surface area contributed by atoms with Gasteiger partial charge >= 0.3 is 0 Å². The summed E-state index contributed by atoms with van der Waals surface area (Å²) >= 11 is 11.5. The minimum absolute atomic E-state index is 0.636. The van der Waals surface area contributed by atoms with Gasteiger partial charge in [0.1, 0.15) is 5.82 Å². The van der Waals surface area contributed by atoms with Crippen LogP contribution in [0.1, 0.15) is 5.56 Å². The molecule has 0 atom stereocenters. The van der Waals surface area contributed by atoms with E-state index < -0.39 is 0 Å². The van der Waals surface area contributed by atoms with Crippen LogP contribution in [-0.2, 0) is 6.54 Å². The molecule has 0 fully saturated rings. The van der Waals surface area contributed by atoms with Gasteiger partial charge in [0.05, 0.1) is 5.02 Å². The number of aromatic nitrogens is 1. The zero-order chi connectivity index (χ0) is 11.4. The van der Waals surface area contributed by atoms with E-state index in [2.05, 4.69) is 10.3 Å². The molecule has 0 saturated heterocycles. The van der Waals surface area contributed by atoms with E-state index in [4.69, 9.17) is 23.2 Å². The van der Waals surface area contributed by atoms with Crippen LogP contribution in [0.25, 0.3) is 0 Å². The van der Waals surface area contributed by atoms with Crippen LogP contribution >= 0.6 is 23.2 Å². The number of halogens is 2. The molecule has 0 aliphatic carbocycles. The third kappa shape index (κ3) is 3.12. The van der Waals surface area contributed by atoms with Crippen molar-refractivity contribution >= 4 is 29.0 Å². The van der Waals surface area contributed by atoms with E-state index >= 15 is 0 Å². The molecular formula is C12H10Cl2N2. The molecule has 0 saturated carbocycles. The maximum atomic E-state index is 5.80. The molecule has 2 rings (SSSR count). The molecule has 0 bridgehead atoms. The van der Waals surface area contributed by atoms with Crippen molar-refractivity contribution < 1.29 is 0 Å². The Balaban J connectivity index is 1.97. The first-order valence-corrected chi connectivity index (χ1v) is 5.59. The summed E-state index contributed by atoms with van der Waals surface area (Å²) in [5, 5.41) is 4.57. The Labute approximate surface area is 104 Å². The predicted molar refractivity (Wildman–Crippen MR) is 68.0 cm³/mol. The maximum Gasteiger partial charge on any atom is 0.126 e. The molecule has 2 nitrogen and oxygen atoms in total. The first-order valence-electron chi connectivity index (χ1n) is 4.84. The number of anilines is 1. The standard InChI is InChI=1S/C12H10Cl2N2/c13-10-3-1-9(2-4-10)7-15-12-6-5-11(14)8-16-12/h1-6,8H,7H2,(H,15,16). The van der Waals surface area contributed by atoms with Crippen molar-refractivity contribution in [3.63, 3.8) is 0 Å². The Morgan fingerprint density at radius 3 is 2.25 bits per heavy atom. The molecule has 1 heterocycles. The highest BCUT2D eigenvalue weighted by Crippen LogP contribution is 2.12. The van der Waals surface area contributed by atoms with Gasteiger partial charge in [0, 0.05) is 17.8 Å². The molecule has 1 N–H and O–H groups in total. The lowest BCUT2D eigenvalue weighted by atomic mass is 10.2. The second-order valence-corrected chi connectivity index (χ2v) is 4.21. The third-order valence-electron chi connectivity index (χ3n) is 2.11. The van der Waals surface area contributed by atoms with Gasteiger partial charge in [0.2, 0.25) is 0 Å². The first-order chi connectivity index (χ1) is 7.74. The van der Waals surface area contributed by atoms with Gasteiger partial charge in [-0.1, -0.05) is 35.3 Å². The van der Waals surface area contributed by atoms with E-state index in [0.717, 1.165) is 16.4 Å². The summed E-state index contributed by atoms with van der Waals surface area (Å²) in [6, 6.07) is 11.3. The molecular weight excluding hydrogens is 243 g/mol. The van der Waals surface area contributed by atoms with Gasteiger partial charge in [-0.15, -0.1) is 0 Å². The van der Waals surface area contributed by atoms with Crippen molar-refractivity contribution in [1.29, 1.82) is 0 Å². The highest BCUT2D eigenvalue weighted by atomic mass is 35.5. The van der Waals surface area contributed by atoms with Crippen molar-refractivity contribution in [2.24, 2.45) is 0 Å². The molecule has 0 amide bonds. The van der Waals surface area contributed by atoms with Crippen LogP contribution in [0.15, 0.2) is 42.6 Å². The molecule has 0 aliphatic rings. The maximum absolute atomic E-state index is 5.80. The molecule has 1 aromatic carbocycles. The lowest BCUT2D eigenvalue weighted by Crippen LogP contribution is -2.00. The average Bonchev–Trinajstić information content (AvgIpc) is 2.30. The monoisotopic (exact) mass is 252 g/mol. The average molecular weight is 253 g/mol. The summed E-state index contributed by atoms with van der Waals surface area (Å²) < 4.78 is 0. The van der Waals surface area contributed by atoms with Gasteiger partial charge in [-0.2, -0.15) is 0 Å². The number of hydrogen-bond donors (Lipinski definition) is 1. The van der Waals surface area contributed by atoms with Crippen LogP contribution < -0.4 is 5.32 Å². The molecule has 4 heteroatoms. The van der Waals surface area contributed by atoms with Crippen LogP contribution in [0, 0.1) is 0 Å².